The fourth-order valence-electron chi connectivity index (χ4n) is 8.03. The van der Waals surface area contributed by atoms with E-state index < -0.39 is 12.1 Å². The number of carbonyl (C=O) groups excluding carboxylic acids is 3. The number of imidazole rings is 2. The van der Waals surface area contributed by atoms with E-state index in [9.17, 15) is 14.4 Å². The summed E-state index contributed by atoms with van der Waals surface area (Å²) in [7, 11) is 1.27. The molecule has 0 unspecified atom stereocenters. The molecule has 2 fully saturated rings. The molecule has 2 aromatic heterocycles. The number of fused-ring (bicyclic) bond motifs is 3. The molecule has 3 atom stereocenters. The Kier molecular flexibility index (Phi) is 9.91. The first-order valence-corrected chi connectivity index (χ1v) is 18.5. The Hall–Kier alpha value is -5.00. The fourth-order valence-corrected chi connectivity index (χ4v) is 8.03. The molecule has 0 saturated carbocycles. The van der Waals surface area contributed by atoms with Crippen LogP contribution >= 0.6 is 0 Å². The van der Waals surface area contributed by atoms with Gasteiger partial charge in [-0.15, -0.1) is 0 Å². The number of likely N-dealkylation sites (tertiary alicyclic amines) is 2. The number of hydrogen-bond acceptors (Lipinski definition) is 6. The van der Waals surface area contributed by atoms with E-state index in [4.69, 9.17) is 9.72 Å². The number of H-pyrrole nitrogens is 2. The van der Waals surface area contributed by atoms with Crippen molar-refractivity contribution in [3.63, 3.8) is 0 Å². The molecule has 0 spiro atoms. The number of halogens is 1. The molecule has 7 rings (SSSR count). The van der Waals surface area contributed by atoms with Gasteiger partial charge < -0.3 is 29.8 Å². The summed E-state index contributed by atoms with van der Waals surface area (Å²) in [6.45, 7) is 9.21. The van der Waals surface area contributed by atoms with E-state index in [1.807, 2.05) is 30.9 Å². The number of benzene rings is 2. The quantitative estimate of drug-likeness (QED) is 0.169. The number of rotatable bonds is 9. The van der Waals surface area contributed by atoms with Crippen molar-refractivity contribution in [1.29, 1.82) is 0 Å². The van der Waals surface area contributed by atoms with Crippen molar-refractivity contribution in [1.82, 2.24) is 35.1 Å². The summed E-state index contributed by atoms with van der Waals surface area (Å²) in [6, 6.07) is 10.4. The summed E-state index contributed by atoms with van der Waals surface area (Å²) in [5.41, 5.74) is 6.92. The van der Waals surface area contributed by atoms with Crippen molar-refractivity contribution in [2.45, 2.75) is 90.8 Å². The van der Waals surface area contributed by atoms with Gasteiger partial charge in [-0.3, -0.25) is 9.59 Å². The molecule has 1 aliphatic carbocycles. The van der Waals surface area contributed by atoms with E-state index in [0.717, 1.165) is 72.6 Å². The van der Waals surface area contributed by atoms with Crippen LogP contribution in [0.2, 0.25) is 0 Å². The first-order chi connectivity index (χ1) is 25.0. The lowest BCUT2D eigenvalue weighted by Crippen LogP contribution is -2.51. The smallest absolute Gasteiger partial charge is 0.407 e. The van der Waals surface area contributed by atoms with Crippen LogP contribution < -0.4 is 5.32 Å². The SMILES string of the molecule is COC(=O)N[C@H](C(=O)N1CCC[C@H]1c1ncc(-c2ccc(-c3ccc4c(c3)CCc3[nH]c([C@@H]5CCCN5C(=O)CC(C)C)nc3-4)cc2F)[nH]1)C(C)C. The fraction of sp³-hybridized carbons (Fsp3) is 0.475. The van der Waals surface area contributed by atoms with E-state index in [1.165, 1.54) is 12.7 Å². The third-order valence-corrected chi connectivity index (χ3v) is 10.7. The van der Waals surface area contributed by atoms with Gasteiger partial charge in [-0.2, -0.15) is 0 Å². The average Bonchev–Trinajstić information content (AvgIpc) is 3.95. The second-order valence-electron chi connectivity index (χ2n) is 15.1. The van der Waals surface area contributed by atoms with Gasteiger partial charge in [-0.25, -0.2) is 19.2 Å². The van der Waals surface area contributed by atoms with E-state index in [1.54, 1.807) is 23.2 Å². The predicted octanol–water partition coefficient (Wildman–Crippen LogP) is 7.13. The van der Waals surface area contributed by atoms with Crippen LogP contribution in [0.3, 0.4) is 0 Å². The molecular weight excluding hydrogens is 661 g/mol. The second-order valence-corrected chi connectivity index (χ2v) is 15.1. The summed E-state index contributed by atoms with van der Waals surface area (Å²) < 4.78 is 20.5. The van der Waals surface area contributed by atoms with Gasteiger partial charge in [-0.1, -0.05) is 52.0 Å². The zero-order valence-corrected chi connectivity index (χ0v) is 30.6. The van der Waals surface area contributed by atoms with Crippen LogP contribution in [0.1, 0.15) is 94.8 Å². The molecule has 11 nitrogen and oxygen atoms in total. The topological polar surface area (TPSA) is 136 Å². The molecule has 2 aromatic carbocycles. The summed E-state index contributed by atoms with van der Waals surface area (Å²) >= 11 is 0. The number of aromatic nitrogens is 4. The maximum absolute atomic E-state index is 15.8. The van der Waals surface area contributed by atoms with Crippen molar-refractivity contribution >= 4 is 17.9 Å². The van der Waals surface area contributed by atoms with E-state index in [-0.39, 0.29) is 35.6 Å². The van der Waals surface area contributed by atoms with Crippen molar-refractivity contribution in [2.75, 3.05) is 20.2 Å². The van der Waals surface area contributed by atoms with Gasteiger partial charge >= 0.3 is 6.09 Å². The minimum Gasteiger partial charge on any atom is -0.453 e. The van der Waals surface area contributed by atoms with Crippen LogP contribution in [0, 0.1) is 17.7 Å². The Morgan fingerprint density at radius 1 is 0.923 bits per heavy atom. The van der Waals surface area contributed by atoms with Crippen molar-refractivity contribution in [2.24, 2.45) is 11.8 Å². The molecule has 0 radical (unpaired) electrons. The van der Waals surface area contributed by atoms with Gasteiger partial charge in [0.2, 0.25) is 11.8 Å². The number of alkyl carbamates (subject to hydrolysis) is 1. The number of nitrogens with zero attached hydrogens (tertiary/aromatic N) is 4. The van der Waals surface area contributed by atoms with Crippen LogP contribution in [-0.4, -0.2) is 73.9 Å². The lowest BCUT2D eigenvalue weighted by molar-refractivity contribution is -0.135. The maximum atomic E-state index is 15.8. The summed E-state index contributed by atoms with van der Waals surface area (Å²) in [6.07, 6.45) is 6.57. The van der Waals surface area contributed by atoms with Crippen LogP contribution in [0.4, 0.5) is 9.18 Å². The monoisotopic (exact) mass is 709 g/mol. The van der Waals surface area contributed by atoms with Crippen molar-refractivity contribution in [3.05, 3.63) is 71.3 Å². The van der Waals surface area contributed by atoms with Crippen molar-refractivity contribution in [3.8, 4) is 33.6 Å². The highest BCUT2D eigenvalue weighted by atomic mass is 19.1. The zero-order valence-electron chi connectivity index (χ0n) is 30.6. The Labute approximate surface area is 303 Å². The van der Waals surface area contributed by atoms with Crippen molar-refractivity contribution < 1.29 is 23.5 Å². The minimum absolute atomic E-state index is 0.0147. The van der Waals surface area contributed by atoms with Gasteiger partial charge in [0.25, 0.3) is 0 Å². The molecule has 274 valence electrons. The lowest BCUT2D eigenvalue weighted by Gasteiger charge is -2.30. The van der Waals surface area contributed by atoms with Gasteiger partial charge in [0.1, 0.15) is 23.5 Å². The van der Waals surface area contributed by atoms with Crippen LogP contribution in [0.5, 0.6) is 0 Å². The normalized spacial score (nSPS) is 18.8. The number of aromatic amines is 2. The van der Waals surface area contributed by atoms with Crippen LogP contribution in [0.25, 0.3) is 33.6 Å². The minimum atomic E-state index is -0.732. The van der Waals surface area contributed by atoms with E-state index >= 15 is 4.39 Å². The molecule has 3 N–H and O–H groups in total. The highest BCUT2D eigenvalue weighted by Crippen LogP contribution is 2.39. The zero-order chi connectivity index (χ0) is 36.7. The Balaban J connectivity index is 1.07. The van der Waals surface area contributed by atoms with Gasteiger partial charge in [0.05, 0.1) is 36.8 Å². The molecular formula is C40H48FN7O4. The molecule has 2 aliphatic heterocycles. The maximum Gasteiger partial charge on any atom is 0.407 e. The standard InChI is InChI=1S/C40H48FN7O4/c1-22(2)18-34(49)47-16-6-9-33(47)38-43-30-15-12-26-19-24(10-13-27(26)36(30)45-38)25-11-14-28(29(41)20-25)31-21-42-37(44-31)32-8-7-17-48(32)39(50)35(23(3)4)46-40(51)52-5/h10-11,13-14,19-23,32-33,35H,6-9,12,15-18H2,1-5H3,(H,42,44)(H,43,45)(H,46,51)/t32-,33-,35-/m0/s1. The number of methoxy groups -OCH3 is 1. The summed E-state index contributed by atoms with van der Waals surface area (Å²) in [5.74, 6) is 1.26. The number of hydrogen-bond donors (Lipinski definition) is 3. The molecule has 12 heteroatoms. The highest BCUT2D eigenvalue weighted by molar-refractivity contribution is 5.86. The molecule has 52 heavy (non-hydrogen) atoms. The van der Waals surface area contributed by atoms with Gasteiger partial charge in [-0.05, 0) is 79.2 Å². The second kappa shape index (κ2) is 14.6. The first kappa shape index (κ1) is 35.4. The Morgan fingerprint density at radius 3 is 2.31 bits per heavy atom. The molecule has 4 aromatic rings. The number of nitrogens with one attached hydrogen (secondary N) is 3. The summed E-state index contributed by atoms with van der Waals surface area (Å²) in [5, 5.41) is 2.67. The van der Waals surface area contributed by atoms with Gasteiger partial charge in [0, 0.05) is 36.3 Å². The molecule has 2 saturated heterocycles. The molecule has 3 aliphatic rings. The average molecular weight is 710 g/mol. The lowest BCUT2D eigenvalue weighted by atomic mass is 9.89. The number of ether oxygens (including phenoxy) is 1. The number of carbonyl (C=O) groups is 3. The summed E-state index contributed by atoms with van der Waals surface area (Å²) in [4.78, 5) is 58.7. The van der Waals surface area contributed by atoms with E-state index in [0.29, 0.717) is 42.4 Å². The number of amides is 3. The highest BCUT2D eigenvalue weighted by Gasteiger charge is 2.38. The molecule has 4 heterocycles. The van der Waals surface area contributed by atoms with Crippen LogP contribution in [-0.2, 0) is 27.2 Å². The molecule has 0 bridgehead atoms. The first-order valence-electron chi connectivity index (χ1n) is 18.5. The largest absolute Gasteiger partial charge is 0.453 e. The molecule has 3 amide bonds. The third kappa shape index (κ3) is 6.82. The van der Waals surface area contributed by atoms with E-state index in [2.05, 4.69) is 46.2 Å². The predicted molar refractivity (Wildman–Crippen MR) is 195 cm³/mol. The van der Waals surface area contributed by atoms with Gasteiger partial charge in [0.15, 0.2) is 0 Å². The number of aryl methyl sites for hydroxylation is 2. The third-order valence-electron chi connectivity index (χ3n) is 10.7. The Morgan fingerprint density at radius 2 is 1.62 bits per heavy atom. The Bertz CT molecular complexity index is 1980. The van der Waals surface area contributed by atoms with Crippen LogP contribution in [0.15, 0.2) is 42.6 Å².